The molecule has 0 aromatic carbocycles. The number of hydrogen-bond donors (Lipinski definition) is 1. The largest absolute Gasteiger partial charge is 0.348 e. The van der Waals surface area contributed by atoms with Crippen molar-refractivity contribution in [3.05, 3.63) is 34.8 Å². The molecule has 0 radical (unpaired) electrons. The monoisotopic (exact) mass is 276 g/mol. The first-order chi connectivity index (χ1) is 9.33. The molecule has 1 amide bonds. The fraction of sp³-hybridized carbons (Fsp3) is 0.462. The SMILES string of the molecule is O=C(Cc1cscn1)N1CCCC(c2ncc[nH]2)C1. The van der Waals surface area contributed by atoms with Gasteiger partial charge in [-0.05, 0) is 12.8 Å². The molecule has 1 N–H and O–H groups in total. The number of carbonyl (C=O) groups is 1. The summed E-state index contributed by atoms with van der Waals surface area (Å²) in [6, 6.07) is 0. The van der Waals surface area contributed by atoms with E-state index in [2.05, 4.69) is 15.0 Å². The molecule has 1 aliphatic heterocycles. The lowest BCUT2D eigenvalue weighted by atomic mass is 9.97. The Balaban J connectivity index is 1.63. The minimum atomic E-state index is 0.169. The van der Waals surface area contributed by atoms with E-state index in [0.717, 1.165) is 37.4 Å². The molecule has 0 aliphatic carbocycles. The molecule has 3 heterocycles. The van der Waals surface area contributed by atoms with Gasteiger partial charge in [0.2, 0.25) is 5.91 Å². The topological polar surface area (TPSA) is 61.9 Å². The van der Waals surface area contributed by atoms with Crippen LogP contribution in [0.5, 0.6) is 0 Å². The second kappa shape index (κ2) is 5.52. The molecular formula is C13H16N4OS. The number of thiazole rings is 1. The van der Waals surface area contributed by atoms with Gasteiger partial charge in [-0.2, -0.15) is 0 Å². The number of amides is 1. The van der Waals surface area contributed by atoms with E-state index in [9.17, 15) is 4.79 Å². The Morgan fingerprint density at radius 1 is 1.53 bits per heavy atom. The number of likely N-dealkylation sites (tertiary alicyclic amines) is 1. The van der Waals surface area contributed by atoms with Crippen LogP contribution in [0.1, 0.15) is 30.3 Å². The summed E-state index contributed by atoms with van der Waals surface area (Å²) in [5, 5.41) is 1.94. The molecule has 1 fully saturated rings. The minimum Gasteiger partial charge on any atom is -0.348 e. The molecule has 3 rings (SSSR count). The fourth-order valence-electron chi connectivity index (χ4n) is 2.52. The van der Waals surface area contributed by atoms with Crippen LogP contribution in [0.25, 0.3) is 0 Å². The summed E-state index contributed by atoms with van der Waals surface area (Å²) >= 11 is 1.53. The molecular weight excluding hydrogens is 260 g/mol. The number of aromatic nitrogens is 3. The molecule has 2 aromatic rings. The van der Waals surface area contributed by atoms with Crippen molar-refractivity contribution >= 4 is 17.2 Å². The van der Waals surface area contributed by atoms with E-state index < -0.39 is 0 Å². The molecule has 0 bridgehead atoms. The zero-order chi connectivity index (χ0) is 13.1. The number of imidazole rings is 1. The van der Waals surface area contributed by atoms with Crippen LogP contribution in [-0.4, -0.2) is 38.8 Å². The highest BCUT2D eigenvalue weighted by molar-refractivity contribution is 7.07. The van der Waals surface area contributed by atoms with Gasteiger partial charge < -0.3 is 9.88 Å². The molecule has 1 saturated heterocycles. The number of hydrogen-bond acceptors (Lipinski definition) is 4. The molecule has 100 valence electrons. The van der Waals surface area contributed by atoms with Gasteiger partial charge in [0.05, 0.1) is 17.6 Å². The first-order valence-corrected chi connectivity index (χ1v) is 7.41. The molecule has 1 atom stereocenters. The first-order valence-electron chi connectivity index (χ1n) is 6.47. The summed E-state index contributed by atoms with van der Waals surface area (Å²) in [6.07, 6.45) is 6.15. The molecule has 1 aliphatic rings. The van der Waals surface area contributed by atoms with Crippen molar-refractivity contribution in [3.8, 4) is 0 Å². The lowest BCUT2D eigenvalue weighted by Gasteiger charge is -2.31. The highest BCUT2D eigenvalue weighted by Crippen LogP contribution is 2.24. The third-order valence-corrected chi connectivity index (χ3v) is 4.13. The number of piperidine rings is 1. The standard InChI is InChI=1S/C13H16N4OS/c18-12(6-11-8-19-9-16-11)17-5-1-2-10(7-17)13-14-3-4-15-13/h3-4,8-10H,1-2,5-7H2,(H,14,15). The van der Waals surface area contributed by atoms with Gasteiger partial charge in [-0.1, -0.05) is 0 Å². The molecule has 5 nitrogen and oxygen atoms in total. The quantitative estimate of drug-likeness (QED) is 0.930. The van der Waals surface area contributed by atoms with Gasteiger partial charge in [-0.3, -0.25) is 4.79 Å². The maximum Gasteiger partial charge on any atom is 0.228 e. The van der Waals surface area contributed by atoms with Gasteiger partial charge in [0.1, 0.15) is 5.82 Å². The number of rotatable bonds is 3. The van der Waals surface area contributed by atoms with Crippen LogP contribution < -0.4 is 0 Å². The van der Waals surface area contributed by atoms with Crippen LogP contribution in [0.4, 0.5) is 0 Å². The van der Waals surface area contributed by atoms with E-state index in [1.165, 1.54) is 11.3 Å². The maximum atomic E-state index is 12.2. The van der Waals surface area contributed by atoms with Gasteiger partial charge in [0.15, 0.2) is 0 Å². The van der Waals surface area contributed by atoms with Crippen LogP contribution in [0.3, 0.4) is 0 Å². The zero-order valence-corrected chi connectivity index (χ0v) is 11.4. The van der Waals surface area contributed by atoms with Crippen molar-refractivity contribution in [1.82, 2.24) is 19.9 Å². The van der Waals surface area contributed by atoms with Gasteiger partial charge in [-0.15, -0.1) is 11.3 Å². The Labute approximate surface area is 115 Å². The fourth-order valence-corrected chi connectivity index (χ4v) is 3.08. The molecule has 0 spiro atoms. The Kier molecular flexibility index (Phi) is 3.59. The maximum absolute atomic E-state index is 12.2. The van der Waals surface area contributed by atoms with Gasteiger partial charge in [0, 0.05) is 36.8 Å². The zero-order valence-electron chi connectivity index (χ0n) is 10.6. The van der Waals surface area contributed by atoms with Crippen LogP contribution in [0, 0.1) is 0 Å². The average molecular weight is 276 g/mol. The number of carbonyl (C=O) groups excluding carboxylic acids is 1. The third kappa shape index (κ3) is 2.84. The second-order valence-electron chi connectivity index (χ2n) is 4.81. The van der Waals surface area contributed by atoms with Crippen molar-refractivity contribution in [1.29, 1.82) is 0 Å². The lowest BCUT2D eigenvalue weighted by molar-refractivity contribution is -0.131. The highest BCUT2D eigenvalue weighted by Gasteiger charge is 2.26. The summed E-state index contributed by atoms with van der Waals surface area (Å²) < 4.78 is 0. The Bertz CT molecular complexity index is 523. The number of aromatic amines is 1. The Hall–Kier alpha value is -1.69. The smallest absolute Gasteiger partial charge is 0.228 e. The Morgan fingerprint density at radius 3 is 3.21 bits per heavy atom. The average Bonchev–Trinajstić information content (AvgIpc) is 3.12. The lowest BCUT2D eigenvalue weighted by Crippen LogP contribution is -2.40. The van der Waals surface area contributed by atoms with Crippen molar-refractivity contribution in [2.75, 3.05) is 13.1 Å². The molecule has 19 heavy (non-hydrogen) atoms. The normalized spacial score (nSPS) is 19.6. The molecule has 1 unspecified atom stereocenters. The second-order valence-corrected chi connectivity index (χ2v) is 5.53. The van der Waals surface area contributed by atoms with Gasteiger partial charge in [-0.25, -0.2) is 9.97 Å². The summed E-state index contributed by atoms with van der Waals surface area (Å²) in [4.78, 5) is 25.8. The van der Waals surface area contributed by atoms with E-state index in [0.29, 0.717) is 12.3 Å². The van der Waals surface area contributed by atoms with E-state index in [1.807, 2.05) is 16.5 Å². The van der Waals surface area contributed by atoms with Crippen molar-refractivity contribution in [2.45, 2.75) is 25.2 Å². The van der Waals surface area contributed by atoms with E-state index in [-0.39, 0.29) is 5.91 Å². The molecule has 2 aromatic heterocycles. The molecule has 6 heteroatoms. The molecule has 0 saturated carbocycles. The number of nitrogens with zero attached hydrogens (tertiary/aromatic N) is 3. The van der Waals surface area contributed by atoms with Crippen molar-refractivity contribution < 1.29 is 4.79 Å². The summed E-state index contributed by atoms with van der Waals surface area (Å²) in [6.45, 7) is 1.61. The third-order valence-electron chi connectivity index (χ3n) is 3.50. The van der Waals surface area contributed by atoms with Crippen LogP contribution >= 0.6 is 11.3 Å². The predicted molar refractivity (Wildman–Crippen MR) is 73.0 cm³/mol. The van der Waals surface area contributed by atoms with Crippen LogP contribution in [0.2, 0.25) is 0 Å². The van der Waals surface area contributed by atoms with Crippen molar-refractivity contribution in [3.63, 3.8) is 0 Å². The summed E-state index contributed by atoms with van der Waals surface area (Å²) in [7, 11) is 0. The first kappa shape index (κ1) is 12.3. The minimum absolute atomic E-state index is 0.169. The summed E-state index contributed by atoms with van der Waals surface area (Å²) in [5.74, 6) is 1.50. The van der Waals surface area contributed by atoms with Gasteiger partial charge in [0.25, 0.3) is 0 Å². The van der Waals surface area contributed by atoms with E-state index in [1.54, 1.807) is 11.7 Å². The van der Waals surface area contributed by atoms with Crippen LogP contribution in [0.15, 0.2) is 23.3 Å². The summed E-state index contributed by atoms with van der Waals surface area (Å²) in [5.41, 5.74) is 2.64. The van der Waals surface area contributed by atoms with Crippen molar-refractivity contribution in [2.24, 2.45) is 0 Å². The Morgan fingerprint density at radius 2 is 2.47 bits per heavy atom. The van der Waals surface area contributed by atoms with Crippen LogP contribution in [-0.2, 0) is 11.2 Å². The van der Waals surface area contributed by atoms with E-state index >= 15 is 0 Å². The van der Waals surface area contributed by atoms with E-state index in [4.69, 9.17) is 0 Å². The van der Waals surface area contributed by atoms with Gasteiger partial charge >= 0.3 is 0 Å². The predicted octanol–water partition coefficient (Wildman–Crippen LogP) is 1.81. The highest BCUT2D eigenvalue weighted by atomic mass is 32.1. The number of H-pyrrole nitrogens is 1. The number of nitrogens with one attached hydrogen (secondary N) is 1.